The van der Waals surface area contributed by atoms with Gasteiger partial charge in [0.25, 0.3) is 0 Å². The van der Waals surface area contributed by atoms with Crippen molar-refractivity contribution in [1.29, 1.82) is 0 Å². The monoisotopic (exact) mass is 307 g/mol. The average Bonchev–Trinajstić information content (AvgIpc) is 2.54. The van der Waals surface area contributed by atoms with Crippen molar-refractivity contribution in [3.05, 3.63) is 23.8 Å². The Kier molecular flexibility index (Phi) is 6.07. The van der Waals surface area contributed by atoms with Gasteiger partial charge < -0.3 is 24.3 Å². The lowest BCUT2D eigenvalue weighted by Crippen LogP contribution is -3.15. The van der Waals surface area contributed by atoms with Crippen molar-refractivity contribution in [2.24, 2.45) is 0 Å². The third kappa shape index (κ3) is 4.37. The average molecular weight is 307 g/mol. The van der Waals surface area contributed by atoms with E-state index in [1.807, 2.05) is 18.2 Å². The van der Waals surface area contributed by atoms with Gasteiger partial charge in [0.2, 0.25) is 0 Å². The predicted molar refractivity (Wildman–Crippen MR) is 81.0 cm³/mol. The molecule has 0 heterocycles. The molecular formula is C17H25NO4. The van der Waals surface area contributed by atoms with Crippen molar-refractivity contribution in [2.45, 2.75) is 44.7 Å². The van der Waals surface area contributed by atoms with Gasteiger partial charge in [-0.05, 0) is 43.9 Å². The van der Waals surface area contributed by atoms with E-state index in [0.717, 1.165) is 34.8 Å². The van der Waals surface area contributed by atoms with Crippen LogP contribution in [0, 0.1) is 0 Å². The minimum absolute atomic E-state index is 0.0328. The molecular weight excluding hydrogens is 282 g/mol. The third-order valence-electron chi connectivity index (χ3n) is 4.46. The molecule has 5 nitrogen and oxygen atoms in total. The van der Waals surface area contributed by atoms with Crippen molar-refractivity contribution < 1.29 is 24.3 Å². The summed E-state index contributed by atoms with van der Waals surface area (Å²) in [5.41, 5.74) is 0.976. The lowest BCUT2D eigenvalue weighted by molar-refractivity contribution is -0.934. The van der Waals surface area contributed by atoms with Crippen LogP contribution >= 0.6 is 0 Å². The number of methoxy groups -OCH3 is 2. The summed E-state index contributed by atoms with van der Waals surface area (Å²) >= 11 is 0. The highest BCUT2D eigenvalue weighted by Crippen LogP contribution is 2.23. The van der Waals surface area contributed by atoms with Gasteiger partial charge in [-0.2, -0.15) is 0 Å². The number of rotatable bonds is 7. The largest absolute Gasteiger partial charge is 0.544 e. The van der Waals surface area contributed by atoms with Crippen molar-refractivity contribution in [3.63, 3.8) is 0 Å². The highest BCUT2D eigenvalue weighted by molar-refractivity contribution is 5.65. The second kappa shape index (κ2) is 8.03. The smallest absolute Gasteiger partial charge is 0.127 e. The molecule has 0 radical (unpaired) electrons. The fourth-order valence-corrected chi connectivity index (χ4v) is 3.31. The first-order valence-corrected chi connectivity index (χ1v) is 7.89. The van der Waals surface area contributed by atoms with Crippen LogP contribution in [0.4, 0.5) is 0 Å². The number of carboxylic acids is 1. The zero-order valence-corrected chi connectivity index (χ0v) is 13.4. The van der Waals surface area contributed by atoms with Gasteiger partial charge in [-0.3, -0.25) is 0 Å². The van der Waals surface area contributed by atoms with Gasteiger partial charge in [-0.25, -0.2) is 0 Å². The fraction of sp³-hybridized carbons (Fsp3) is 0.588. The van der Waals surface area contributed by atoms with E-state index in [2.05, 4.69) is 0 Å². The Labute approximate surface area is 131 Å². The molecule has 0 bridgehead atoms. The minimum Gasteiger partial charge on any atom is -0.544 e. The van der Waals surface area contributed by atoms with E-state index in [1.165, 1.54) is 19.3 Å². The lowest BCUT2D eigenvalue weighted by atomic mass is 9.93. The highest BCUT2D eigenvalue weighted by atomic mass is 16.5. The molecule has 0 saturated heterocycles. The SMILES string of the molecule is COc1ccc(OC)c(C[NH+](CC(=O)[O-])C2CCCCC2)c1. The molecule has 2 rings (SSSR count). The second-order valence-corrected chi connectivity index (χ2v) is 5.90. The summed E-state index contributed by atoms with van der Waals surface area (Å²) in [6.07, 6.45) is 5.76. The van der Waals surface area contributed by atoms with E-state index >= 15 is 0 Å². The van der Waals surface area contributed by atoms with E-state index in [-0.39, 0.29) is 6.54 Å². The van der Waals surface area contributed by atoms with Gasteiger partial charge in [0.1, 0.15) is 24.6 Å². The molecule has 0 amide bonds. The van der Waals surface area contributed by atoms with Crippen molar-refractivity contribution >= 4 is 5.97 Å². The van der Waals surface area contributed by atoms with Crippen LogP contribution in [0.2, 0.25) is 0 Å². The fourth-order valence-electron chi connectivity index (χ4n) is 3.31. The third-order valence-corrected chi connectivity index (χ3v) is 4.46. The summed E-state index contributed by atoms with van der Waals surface area (Å²) in [5.74, 6) is 0.530. The molecule has 22 heavy (non-hydrogen) atoms. The predicted octanol–water partition coefficient (Wildman–Crippen LogP) is 0.171. The number of nitrogens with one attached hydrogen (secondary N) is 1. The zero-order valence-electron chi connectivity index (χ0n) is 13.4. The molecule has 1 N–H and O–H groups in total. The Morgan fingerprint density at radius 3 is 2.55 bits per heavy atom. The summed E-state index contributed by atoms with van der Waals surface area (Å²) in [5, 5.41) is 11.1. The normalized spacial score (nSPS) is 17.0. The minimum atomic E-state index is -0.998. The first kappa shape index (κ1) is 16.6. The van der Waals surface area contributed by atoms with E-state index in [9.17, 15) is 9.90 Å². The van der Waals surface area contributed by atoms with Crippen molar-refractivity contribution in [2.75, 3.05) is 20.8 Å². The van der Waals surface area contributed by atoms with Crippen LogP contribution in [0.15, 0.2) is 18.2 Å². The highest BCUT2D eigenvalue weighted by Gasteiger charge is 2.26. The quantitative estimate of drug-likeness (QED) is 0.780. The number of carboxylic acid groups (broad SMARTS) is 1. The molecule has 1 saturated carbocycles. The Bertz CT molecular complexity index is 497. The first-order chi connectivity index (χ1) is 10.6. The topological polar surface area (TPSA) is 63.0 Å². The Morgan fingerprint density at radius 1 is 1.23 bits per heavy atom. The molecule has 1 fully saturated rings. The number of carbonyl (C=O) groups is 1. The van der Waals surface area contributed by atoms with E-state index in [1.54, 1.807) is 14.2 Å². The Hall–Kier alpha value is -1.75. The van der Waals surface area contributed by atoms with Gasteiger partial charge >= 0.3 is 0 Å². The van der Waals surface area contributed by atoms with Crippen LogP contribution in [-0.2, 0) is 11.3 Å². The van der Waals surface area contributed by atoms with Crippen LogP contribution in [0.5, 0.6) is 11.5 Å². The molecule has 5 heteroatoms. The van der Waals surface area contributed by atoms with Crippen LogP contribution in [0.3, 0.4) is 0 Å². The van der Waals surface area contributed by atoms with Crippen LogP contribution in [0.1, 0.15) is 37.7 Å². The molecule has 1 aliphatic rings. The van der Waals surface area contributed by atoms with Gasteiger partial charge in [-0.15, -0.1) is 0 Å². The number of benzene rings is 1. The number of quaternary nitrogens is 1. The van der Waals surface area contributed by atoms with Crippen LogP contribution < -0.4 is 19.5 Å². The van der Waals surface area contributed by atoms with Gasteiger partial charge in [0.15, 0.2) is 0 Å². The molecule has 0 aliphatic heterocycles. The van der Waals surface area contributed by atoms with Gasteiger partial charge in [-0.1, -0.05) is 6.42 Å². The number of hydrogen-bond acceptors (Lipinski definition) is 4. The molecule has 1 aliphatic carbocycles. The summed E-state index contributed by atoms with van der Waals surface area (Å²) in [6, 6.07) is 6.02. The molecule has 1 aromatic carbocycles. The van der Waals surface area contributed by atoms with Crippen molar-refractivity contribution in [3.8, 4) is 11.5 Å². The zero-order chi connectivity index (χ0) is 15.9. The summed E-state index contributed by atoms with van der Waals surface area (Å²) in [4.78, 5) is 12.2. The second-order valence-electron chi connectivity index (χ2n) is 5.90. The van der Waals surface area contributed by atoms with E-state index in [4.69, 9.17) is 9.47 Å². The maximum atomic E-state index is 11.1. The Balaban J connectivity index is 2.19. The molecule has 0 aromatic heterocycles. The number of hydrogen-bond donors (Lipinski definition) is 1. The van der Waals surface area contributed by atoms with Gasteiger partial charge in [0, 0.05) is 0 Å². The first-order valence-electron chi connectivity index (χ1n) is 7.89. The number of carbonyl (C=O) groups excluding carboxylic acids is 1. The summed E-state index contributed by atoms with van der Waals surface area (Å²) in [7, 11) is 3.25. The van der Waals surface area contributed by atoms with E-state index < -0.39 is 5.97 Å². The van der Waals surface area contributed by atoms with Crippen LogP contribution in [0.25, 0.3) is 0 Å². The van der Waals surface area contributed by atoms with Crippen LogP contribution in [-0.4, -0.2) is 32.8 Å². The molecule has 122 valence electrons. The van der Waals surface area contributed by atoms with E-state index in [0.29, 0.717) is 12.6 Å². The molecule has 1 unspecified atom stereocenters. The number of ether oxygens (including phenoxy) is 2. The summed E-state index contributed by atoms with van der Waals surface area (Å²) < 4.78 is 10.7. The standard InChI is InChI=1S/C17H25NO4/c1-21-15-8-9-16(22-2)13(10-15)11-18(12-17(19)20)14-6-4-3-5-7-14/h8-10,14H,3-7,11-12H2,1-2H3,(H,19,20). The number of aliphatic carboxylic acids is 1. The maximum Gasteiger partial charge on any atom is 0.127 e. The van der Waals surface area contributed by atoms with Crippen molar-refractivity contribution in [1.82, 2.24) is 0 Å². The molecule has 1 aromatic rings. The lowest BCUT2D eigenvalue weighted by Gasteiger charge is -2.32. The van der Waals surface area contributed by atoms with Gasteiger partial charge in [0.05, 0.1) is 31.8 Å². The molecule has 0 spiro atoms. The Morgan fingerprint density at radius 2 is 1.95 bits per heavy atom. The maximum absolute atomic E-state index is 11.1. The summed E-state index contributed by atoms with van der Waals surface area (Å²) in [6.45, 7) is 0.643. The molecule has 1 atom stereocenters.